The highest BCUT2D eigenvalue weighted by Crippen LogP contribution is 2.48. The average molecular weight is 865 g/mol. The highest BCUT2D eigenvalue weighted by molar-refractivity contribution is 7.91. The van der Waals surface area contributed by atoms with Crippen LogP contribution in [-0.4, -0.2) is 94.3 Å². The van der Waals surface area contributed by atoms with Gasteiger partial charge in [0.25, 0.3) is 5.91 Å². The number of amides is 4. The molecule has 2 aliphatic heterocycles. The summed E-state index contributed by atoms with van der Waals surface area (Å²) in [6, 6.07) is 3.16. The van der Waals surface area contributed by atoms with E-state index in [-0.39, 0.29) is 42.5 Å². The van der Waals surface area contributed by atoms with Crippen LogP contribution in [-0.2, 0) is 29.8 Å². The van der Waals surface area contributed by atoms with Gasteiger partial charge >= 0.3 is 6.09 Å². The van der Waals surface area contributed by atoms with E-state index in [1.165, 1.54) is 16.2 Å². The minimum absolute atomic E-state index is 0.0123. The summed E-state index contributed by atoms with van der Waals surface area (Å²) in [5.74, 6) is -1.94. The van der Waals surface area contributed by atoms with Crippen LogP contribution in [0, 0.1) is 17.8 Å². The fourth-order valence-corrected chi connectivity index (χ4v) is 10.8. The summed E-state index contributed by atoms with van der Waals surface area (Å²) in [5.41, 5.74) is -0.00393. The van der Waals surface area contributed by atoms with Gasteiger partial charge in [0.15, 0.2) is 0 Å². The van der Waals surface area contributed by atoms with E-state index in [0.717, 1.165) is 28.1 Å². The third kappa shape index (κ3) is 8.56. The van der Waals surface area contributed by atoms with Crippen molar-refractivity contribution in [3.8, 4) is 22.2 Å². The van der Waals surface area contributed by atoms with Gasteiger partial charge in [-0.3, -0.25) is 19.1 Å². The largest absolute Gasteiger partial charge is 0.497 e. The van der Waals surface area contributed by atoms with Crippen LogP contribution >= 0.6 is 11.3 Å². The average Bonchev–Trinajstić information content (AvgIpc) is 3.96. The van der Waals surface area contributed by atoms with Gasteiger partial charge in [-0.2, -0.15) is 0 Å². The fourth-order valence-electron chi connectivity index (χ4n) is 8.43. The molecule has 0 bridgehead atoms. The van der Waals surface area contributed by atoms with Gasteiger partial charge in [0.2, 0.25) is 27.7 Å². The van der Waals surface area contributed by atoms with E-state index in [1.807, 2.05) is 36.6 Å². The summed E-state index contributed by atoms with van der Waals surface area (Å²) in [7, 11) is -2.44. The monoisotopic (exact) mass is 864 g/mol. The number of methoxy groups -OCH3 is 1. The minimum Gasteiger partial charge on any atom is -0.497 e. The maximum absolute atomic E-state index is 14.7. The minimum atomic E-state index is -4.03. The van der Waals surface area contributed by atoms with Crippen molar-refractivity contribution in [3.05, 3.63) is 47.6 Å². The molecule has 2 aliphatic carbocycles. The van der Waals surface area contributed by atoms with Crippen LogP contribution in [0.5, 0.6) is 11.6 Å². The molecule has 0 radical (unpaired) electrons. The number of carbonyl (C=O) groups is 4. The Morgan fingerprint density at radius 3 is 2.55 bits per heavy atom. The molecule has 1 aromatic carbocycles. The number of hydrogen-bond acceptors (Lipinski definition) is 11. The molecule has 324 valence electrons. The van der Waals surface area contributed by atoms with Gasteiger partial charge in [0.1, 0.15) is 34.5 Å². The van der Waals surface area contributed by atoms with Crippen LogP contribution in [0.2, 0.25) is 0 Å². The Bertz CT molecular complexity index is 2320. The van der Waals surface area contributed by atoms with Crippen molar-refractivity contribution in [2.45, 2.75) is 127 Å². The molecule has 7 atom stereocenters. The van der Waals surface area contributed by atoms with Crippen LogP contribution in [0.4, 0.5) is 4.79 Å². The molecule has 7 rings (SSSR count). The second kappa shape index (κ2) is 16.3. The lowest BCUT2D eigenvalue weighted by atomic mass is 9.85. The highest BCUT2D eigenvalue weighted by Gasteiger charge is 2.63. The highest BCUT2D eigenvalue weighted by atomic mass is 32.2. The first kappa shape index (κ1) is 43.3. The lowest BCUT2D eigenvalue weighted by molar-refractivity contribution is -0.142. The summed E-state index contributed by atoms with van der Waals surface area (Å²) in [6.45, 7) is 11.8. The molecule has 2 aromatic heterocycles. The molecule has 17 heteroatoms. The standard InChI is InChI=1S/C43H56N6O9S2/c1-8-25-17-24(2)11-9-10-12-26-20-43(26,39(52)48-60(55,56)42(6)15-16-42)47-35(50)32-19-28(22-49(32)38(51)34(25)46-40(53)54)58-36-29-14-13-27(57-7)18-30(29)31(21-44-36)37-45-33(23-59-37)41(3,4)5/h10,12-14,18,21,23-26,28,32,34,46H,8-9,11,15-17,19-20,22H2,1-7H3,(H,47,50)(H,48,52)(H,53,54)/t24-,25-,26-,28-,32+,34+,43-/m1/s1. The molecule has 2 saturated carbocycles. The van der Waals surface area contributed by atoms with E-state index >= 15 is 0 Å². The quantitative estimate of drug-likeness (QED) is 0.186. The number of nitrogens with one attached hydrogen (secondary N) is 3. The number of rotatable bonds is 9. The smallest absolute Gasteiger partial charge is 0.405 e. The molecule has 15 nitrogen and oxygen atoms in total. The Balaban J connectivity index is 1.25. The number of carbonyl (C=O) groups excluding carboxylic acids is 3. The first-order chi connectivity index (χ1) is 28.3. The fraction of sp³-hybridized carbons (Fsp3) is 0.581. The second-order valence-corrected chi connectivity index (χ2v) is 21.3. The Labute approximate surface area is 355 Å². The summed E-state index contributed by atoms with van der Waals surface area (Å²) >= 11 is 1.51. The summed E-state index contributed by atoms with van der Waals surface area (Å²) in [4.78, 5) is 66.6. The molecule has 4 N–H and O–H groups in total. The molecule has 3 fully saturated rings. The molecule has 0 spiro atoms. The molecular formula is C43H56N6O9S2. The first-order valence-electron chi connectivity index (χ1n) is 20.7. The van der Waals surface area contributed by atoms with Gasteiger partial charge in [-0.1, -0.05) is 53.2 Å². The van der Waals surface area contributed by atoms with Crippen molar-refractivity contribution in [1.29, 1.82) is 0 Å². The van der Waals surface area contributed by atoms with Gasteiger partial charge in [0, 0.05) is 45.7 Å². The van der Waals surface area contributed by atoms with Gasteiger partial charge in [-0.25, -0.2) is 23.2 Å². The number of allylic oxidation sites excluding steroid dienone is 1. The van der Waals surface area contributed by atoms with Crippen molar-refractivity contribution in [2.24, 2.45) is 17.8 Å². The number of hydrogen-bond donors (Lipinski definition) is 4. The molecule has 60 heavy (non-hydrogen) atoms. The predicted molar refractivity (Wildman–Crippen MR) is 227 cm³/mol. The lowest BCUT2D eigenvalue weighted by Crippen LogP contribution is -2.59. The van der Waals surface area contributed by atoms with Crippen LogP contribution < -0.4 is 24.8 Å². The van der Waals surface area contributed by atoms with E-state index in [1.54, 1.807) is 26.3 Å². The zero-order valence-corrected chi connectivity index (χ0v) is 36.9. The third-order valence-electron chi connectivity index (χ3n) is 12.7. The maximum atomic E-state index is 14.7. The maximum Gasteiger partial charge on any atom is 0.405 e. The van der Waals surface area contributed by atoms with Gasteiger partial charge < -0.3 is 30.1 Å². The number of sulfonamides is 1. The summed E-state index contributed by atoms with van der Waals surface area (Å²) in [5, 5.41) is 19.6. The van der Waals surface area contributed by atoms with Crippen molar-refractivity contribution >= 4 is 55.9 Å². The molecule has 4 amide bonds. The Morgan fingerprint density at radius 2 is 1.90 bits per heavy atom. The Kier molecular flexibility index (Phi) is 11.7. The van der Waals surface area contributed by atoms with Crippen molar-refractivity contribution in [1.82, 2.24) is 30.2 Å². The van der Waals surface area contributed by atoms with Crippen molar-refractivity contribution in [2.75, 3.05) is 13.7 Å². The molecule has 4 aliphatic rings. The van der Waals surface area contributed by atoms with Gasteiger partial charge in [-0.05, 0) is 75.5 Å². The van der Waals surface area contributed by atoms with Crippen LogP contribution in [0.15, 0.2) is 41.9 Å². The molecular weight excluding hydrogens is 809 g/mol. The van der Waals surface area contributed by atoms with Gasteiger partial charge in [0.05, 0.1) is 24.1 Å². The lowest BCUT2D eigenvalue weighted by Gasteiger charge is -2.33. The molecule has 4 heterocycles. The number of thiazole rings is 1. The number of aromatic nitrogens is 2. The van der Waals surface area contributed by atoms with E-state index in [2.05, 4.69) is 43.1 Å². The Morgan fingerprint density at radius 1 is 1.15 bits per heavy atom. The SMILES string of the molecule is CC[C@@H]1C[C@H](C)CCC=C[C@@H]2C[C@@]2(C(=O)NS(=O)(=O)C2(C)CC2)NC(=O)[C@@H]2C[C@@H](Oc3ncc(-c4nc(C(C)(C)C)cs4)c4cc(OC)ccc34)CN2C(=O)[C@H]1NC(=O)O. The number of fused-ring (bicyclic) bond motifs is 3. The first-order valence-corrected chi connectivity index (χ1v) is 23.1. The number of carboxylic acid groups (broad SMARTS) is 1. The molecule has 1 saturated heterocycles. The van der Waals surface area contributed by atoms with Gasteiger partial charge in [-0.15, -0.1) is 11.3 Å². The number of pyridine rings is 1. The molecule has 0 unspecified atom stereocenters. The van der Waals surface area contributed by atoms with E-state index in [4.69, 9.17) is 19.4 Å². The zero-order valence-electron chi connectivity index (χ0n) is 35.2. The van der Waals surface area contributed by atoms with Crippen LogP contribution in [0.25, 0.3) is 21.3 Å². The van der Waals surface area contributed by atoms with E-state index in [0.29, 0.717) is 43.2 Å². The Hall–Kier alpha value is -4.77. The third-order valence-corrected chi connectivity index (χ3v) is 15.8. The van der Waals surface area contributed by atoms with Crippen LogP contribution in [0.1, 0.15) is 98.6 Å². The van der Waals surface area contributed by atoms with E-state index in [9.17, 15) is 32.7 Å². The number of nitrogens with zero attached hydrogens (tertiary/aromatic N) is 3. The second-order valence-electron chi connectivity index (χ2n) is 18.3. The zero-order chi connectivity index (χ0) is 43.4. The van der Waals surface area contributed by atoms with E-state index < -0.39 is 68.2 Å². The topological polar surface area (TPSA) is 206 Å². The normalized spacial score (nSPS) is 28.1. The predicted octanol–water partition coefficient (Wildman–Crippen LogP) is 5.92. The molecule has 3 aromatic rings. The van der Waals surface area contributed by atoms with Crippen LogP contribution in [0.3, 0.4) is 0 Å². The van der Waals surface area contributed by atoms with Crippen molar-refractivity contribution in [3.63, 3.8) is 0 Å². The van der Waals surface area contributed by atoms with Crippen molar-refractivity contribution < 1.29 is 42.2 Å². The number of ether oxygens (including phenoxy) is 2. The summed E-state index contributed by atoms with van der Waals surface area (Å²) < 4.78 is 39.9. The number of benzene rings is 1. The summed E-state index contributed by atoms with van der Waals surface area (Å²) in [6.07, 6.45) is 6.79.